The fraction of sp³-hybridized carbons (Fsp3) is 0.375. The Morgan fingerprint density at radius 1 is 1.33 bits per heavy atom. The van der Waals surface area contributed by atoms with Crippen LogP contribution in [0.2, 0.25) is 0 Å². The summed E-state index contributed by atoms with van der Waals surface area (Å²) >= 11 is 3.58. The number of aromatic nitrogens is 1. The van der Waals surface area contributed by atoms with Crippen molar-refractivity contribution in [2.75, 3.05) is 0 Å². The second-order valence-corrected chi connectivity index (χ2v) is 6.61. The Morgan fingerprint density at radius 2 is 2.19 bits per heavy atom. The third-order valence-electron chi connectivity index (χ3n) is 4.33. The monoisotopic (exact) mass is 346 g/mol. The Balaban J connectivity index is 1.56. The highest BCUT2D eigenvalue weighted by Crippen LogP contribution is 2.41. The standard InChI is InChI=1S/C16H15BrN2O2/c17-13-3-1-2-11-10(13)6-7-14(11)18-16(20)12-8-21-19-15(12)9-4-5-9/h1-3,8-9,14H,4-7H2,(H,18,20)/t14-/m1/s1. The van der Waals surface area contributed by atoms with Crippen LogP contribution < -0.4 is 5.32 Å². The topological polar surface area (TPSA) is 55.1 Å². The van der Waals surface area contributed by atoms with Crippen LogP contribution in [0.15, 0.2) is 33.5 Å². The highest BCUT2D eigenvalue weighted by Gasteiger charge is 2.33. The van der Waals surface area contributed by atoms with Crippen molar-refractivity contribution in [2.45, 2.75) is 37.6 Å². The largest absolute Gasteiger partial charge is 0.364 e. The van der Waals surface area contributed by atoms with Crippen molar-refractivity contribution in [3.05, 3.63) is 51.3 Å². The van der Waals surface area contributed by atoms with Crippen molar-refractivity contribution in [3.8, 4) is 0 Å². The van der Waals surface area contributed by atoms with Crippen molar-refractivity contribution in [1.82, 2.24) is 10.5 Å². The van der Waals surface area contributed by atoms with Crippen LogP contribution in [0.4, 0.5) is 0 Å². The fourth-order valence-electron chi connectivity index (χ4n) is 3.06. The first-order valence-electron chi connectivity index (χ1n) is 7.26. The van der Waals surface area contributed by atoms with Gasteiger partial charge in [0.15, 0.2) is 0 Å². The molecule has 1 atom stereocenters. The number of hydrogen-bond donors (Lipinski definition) is 1. The molecular formula is C16H15BrN2O2. The average molecular weight is 347 g/mol. The Morgan fingerprint density at radius 3 is 3.00 bits per heavy atom. The lowest BCUT2D eigenvalue weighted by Crippen LogP contribution is -2.27. The summed E-state index contributed by atoms with van der Waals surface area (Å²) < 4.78 is 6.13. The van der Waals surface area contributed by atoms with Gasteiger partial charge in [0.2, 0.25) is 0 Å². The SMILES string of the molecule is O=C(N[C@@H]1CCc2c(Br)cccc21)c1conc1C1CC1. The van der Waals surface area contributed by atoms with Crippen LogP contribution in [0.3, 0.4) is 0 Å². The smallest absolute Gasteiger partial charge is 0.257 e. The van der Waals surface area contributed by atoms with E-state index < -0.39 is 0 Å². The zero-order valence-electron chi connectivity index (χ0n) is 11.4. The van der Waals surface area contributed by atoms with Crippen molar-refractivity contribution in [3.63, 3.8) is 0 Å². The number of nitrogens with zero attached hydrogens (tertiary/aromatic N) is 1. The van der Waals surface area contributed by atoms with Crippen LogP contribution in [0, 0.1) is 0 Å². The number of rotatable bonds is 3. The second kappa shape index (κ2) is 4.98. The lowest BCUT2D eigenvalue weighted by atomic mass is 10.1. The first-order valence-corrected chi connectivity index (χ1v) is 8.06. The molecule has 0 unspecified atom stereocenters. The average Bonchev–Trinajstić information content (AvgIpc) is 3.06. The summed E-state index contributed by atoms with van der Waals surface area (Å²) in [6.07, 6.45) is 5.60. The van der Waals surface area contributed by atoms with E-state index in [0.29, 0.717) is 11.5 Å². The predicted octanol–water partition coefficient (Wildman–Crippen LogP) is 3.73. The van der Waals surface area contributed by atoms with Crippen molar-refractivity contribution in [1.29, 1.82) is 0 Å². The molecule has 0 radical (unpaired) electrons. The number of carbonyl (C=O) groups excluding carboxylic acids is 1. The summed E-state index contributed by atoms with van der Waals surface area (Å²) in [6.45, 7) is 0. The number of amides is 1. The molecule has 1 aromatic heterocycles. The van der Waals surface area contributed by atoms with Crippen molar-refractivity contribution >= 4 is 21.8 Å². The van der Waals surface area contributed by atoms with Crippen LogP contribution in [0.25, 0.3) is 0 Å². The van der Waals surface area contributed by atoms with Crippen LogP contribution in [-0.4, -0.2) is 11.1 Å². The molecular weight excluding hydrogens is 332 g/mol. The molecule has 0 saturated heterocycles. The maximum Gasteiger partial charge on any atom is 0.257 e. The van der Waals surface area contributed by atoms with E-state index in [1.54, 1.807) is 0 Å². The minimum Gasteiger partial charge on any atom is -0.364 e. The van der Waals surface area contributed by atoms with E-state index in [9.17, 15) is 4.79 Å². The number of benzene rings is 1. The highest BCUT2D eigenvalue weighted by atomic mass is 79.9. The second-order valence-electron chi connectivity index (χ2n) is 5.76. The fourth-order valence-corrected chi connectivity index (χ4v) is 3.64. The number of carbonyl (C=O) groups is 1. The summed E-state index contributed by atoms with van der Waals surface area (Å²) in [4.78, 5) is 12.5. The van der Waals surface area contributed by atoms with Gasteiger partial charge in [-0.3, -0.25) is 4.79 Å². The molecule has 4 nitrogen and oxygen atoms in total. The molecule has 1 N–H and O–H groups in total. The Labute approximate surface area is 131 Å². The molecule has 0 spiro atoms. The number of fused-ring (bicyclic) bond motifs is 1. The third-order valence-corrected chi connectivity index (χ3v) is 5.07. The Kier molecular flexibility index (Phi) is 3.10. The van der Waals surface area contributed by atoms with E-state index in [4.69, 9.17) is 4.52 Å². The maximum atomic E-state index is 12.5. The molecule has 1 fully saturated rings. The van der Waals surface area contributed by atoms with E-state index in [1.165, 1.54) is 17.4 Å². The summed E-state index contributed by atoms with van der Waals surface area (Å²) in [6, 6.07) is 6.23. The third kappa shape index (κ3) is 2.29. The van der Waals surface area contributed by atoms with Gasteiger partial charge in [-0.2, -0.15) is 0 Å². The van der Waals surface area contributed by atoms with Gasteiger partial charge in [0.05, 0.1) is 11.7 Å². The minimum atomic E-state index is -0.0732. The number of hydrogen-bond acceptors (Lipinski definition) is 3. The Hall–Kier alpha value is -1.62. The molecule has 2 aliphatic rings. The normalized spacial score (nSPS) is 20.3. The molecule has 21 heavy (non-hydrogen) atoms. The van der Waals surface area contributed by atoms with E-state index in [2.05, 4.69) is 32.5 Å². The molecule has 0 aliphatic heterocycles. The van der Waals surface area contributed by atoms with Crippen LogP contribution in [0.1, 0.15) is 58.4 Å². The maximum absolute atomic E-state index is 12.5. The molecule has 1 heterocycles. The molecule has 108 valence electrons. The van der Waals surface area contributed by atoms with Crippen molar-refractivity contribution in [2.24, 2.45) is 0 Å². The van der Waals surface area contributed by atoms with Gasteiger partial charge in [0, 0.05) is 10.4 Å². The number of halogens is 1. The molecule has 5 heteroatoms. The highest BCUT2D eigenvalue weighted by molar-refractivity contribution is 9.10. The van der Waals surface area contributed by atoms with Gasteiger partial charge in [-0.15, -0.1) is 0 Å². The van der Waals surface area contributed by atoms with Gasteiger partial charge in [-0.1, -0.05) is 33.2 Å². The van der Waals surface area contributed by atoms with Gasteiger partial charge >= 0.3 is 0 Å². The van der Waals surface area contributed by atoms with E-state index in [0.717, 1.165) is 35.8 Å². The van der Waals surface area contributed by atoms with Gasteiger partial charge in [0.1, 0.15) is 11.8 Å². The lowest BCUT2D eigenvalue weighted by Gasteiger charge is -2.14. The van der Waals surface area contributed by atoms with Crippen LogP contribution in [-0.2, 0) is 6.42 Å². The number of nitrogens with one attached hydrogen (secondary N) is 1. The summed E-state index contributed by atoms with van der Waals surface area (Å²) in [7, 11) is 0. The van der Waals surface area contributed by atoms with Crippen LogP contribution in [0.5, 0.6) is 0 Å². The minimum absolute atomic E-state index is 0.0732. The van der Waals surface area contributed by atoms with Crippen LogP contribution >= 0.6 is 15.9 Å². The van der Waals surface area contributed by atoms with Crippen molar-refractivity contribution < 1.29 is 9.32 Å². The predicted molar refractivity (Wildman–Crippen MR) is 81.1 cm³/mol. The first-order chi connectivity index (χ1) is 10.2. The Bertz CT molecular complexity index is 706. The van der Waals surface area contributed by atoms with Gasteiger partial charge < -0.3 is 9.84 Å². The van der Waals surface area contributed by atoms with E-state index in [-0.39, 0.29) is 11.9 Å². The van der Waals surface area contributed by atoms with E-state index in [1.807, 2.05) is 12.1 Å². The molecule has 2 aliphatic carbocycles. The van der Waals surface area contributed by atoms with Gasteiger partial charge in [-0.05, 0) is 42.9 Å². The molecule has 2 aromatic rings. The van der Waals surface area contributed by atoms with Gasteiger partial charge in [0.25, 0.3) is 5.91 Å². The lowest BCUT2D eigenvalue weighted by molar-refractivity contribution is 0.0935. The summed E-state index contributed by atoms with van der Waals surface area (Å²) in [5.74, 6) is 0.338. The molecule has 1 amide bonds. The molecule has 1 saturated carbocycles. The zero-order valence-corrected chi connectivity index (χ0v) is 13.0. The zero-order chi connectivity index (χ0) is 14.4. The molecule has 0 bridgehead atoms. The quantitative estimate of drug-likeness (QED) is 0.920. The molecule has 1 aromatic carbocycles. The van der Waals surface area contributed by atoms with Gasteiger partial charge in [-0.25, -0.2) is 0 Å². The summed E-state index contributed by atoms with van der Waals surface area (Å²) in [5, 5.41) is 7.12. The first kappa shape index (κ1) is 13.1. The summed E-state index contributed by atoms with van der Waals surface area (Å²) in [5.41, 5.74) is 3.93. The van der Waals surface area contributed by atoms with E-state index >= 15 is 0 Å². The molecule has 4 rings (SSSR count).